The second-order valence-corrected chi connectivity index (χ2v) is 5.72. The van der Waals surface area contributed by atoms with Crippen molar-refractivity contribution >= 4 is 5.69 Å². The lowest BCUT2D eigenvalue weighted by Gasteiger charge is -2.33. The van der Waals surface area contributed by atoms with Crippen LogP contribution < -0.4 is 5.32 Å². The molecule has 0 aliphatic heterocycles. The highest BCUT2D eigenvalue weighted by atomic mass is 14.9. The van der Waals surface area contributed by atoms with Gasteiger partial charge in [0.25, 0.3) is 0 Å². The maximum absolute atomic E-state index is 3.64. The number of hydrogen-bond donors (Lipinski definition) is 1. The van der Waals surface area contributed by atoms with Crippen LogP contribution in [0, 0.1) is 5.41 Å². The van der Waals surface area contributed by atoms with Gasteiger partial charge in [0.1, 0.15) is 0 Å². The van der Waals surface area contributed by atoms with Gasteiger partial charge in [-0.15, -0.1) is 0 Å². The molecule has 0 aliphatic carbocycles. The van der Waals surface area contributed by atoms with Crippen molar-refractivity contribution < 1.29 is 0 Å². The fraction of sp³-hybridized carbons (Fsp3) is 0.294. The molecular formula is C17H21N. The molecule has 0 amide bonds. The number of anilines is 1. The third-order valence-corrected chi connectivity index (χ3v) is 3.08. The topological polar surface area (TPSA) is 12.0 Å². The molecule has 2 aromatic carbocycles. The van der Waals surface area contributed by atoms with E-state index in [4.69, 9.17) is 0 Å². The van der Waals surface area contributed by atoms with Crippen LogP contribution in [0.2, 0.25) is 0 Å². The minimum atomic E-state index is 0.164. The molecule has 0 heterocycles. The molecule has 94 valence electrons. The molecule has 0 saturated carbocycles. The lowest BCUT2D eigenvalue weighted by molar-refractivity contribution is 0.347. The molecule has 0 unspecified atom stereocenters. The Morgan fingerprint density at radius 1 is 0.778 bits per heavy atom. The zero-order chi connectivity index (χ0) is 13.0. The summed E-state index contributed by atoms with van der Waals surface area (Å²) in [5.74, 6) is 0. The summed E-state index contributed by atoms with van der Waals surface area (Å²) in [6.45, 7) is 6.79. The molecule has 1 heteroatoms. The van der Waals surface area contributed by atoms with E-state index in [0.29, 0.717) is 6.04 Å². The zero-order valence-corrected chi connectivity index (χ0v) is 11.4. The van der Waals surface area contributed by atoms with Gasteiger partial charge in [0.2, 0.25) is 0 Å². The molecule has 0 fully saturated rings. The molecule has 18 heavy (non-hydrogen) atoms. The van der Waals surface area contributed by atoms with Crippen LogP contribution in [0.25, 0.3) is 0 Å². The van der Waals surface area contributed by atoms with Crippen molar-refractivity contribution in [3.05, 3.63) is 66.2 Å². The smallest absolute Gasteiger partial charge is 0.0562 e. The van der Waals surface area contributed by atoms with Crippen LogP contribution in [0.4, 0.5) is 5.69 Å². The van der Waals surface area contributed by atoms with Gasteiger partial charge in [-0.2, -0.15) is 0 Å². The number of nitrogens with one attached hydrogen (secondary N) is 1. The van der Waals surface area contributed by atoms with Gasteiger partial charge in [0.15, 0.2) is 0 Å². The van der Waals surface area contributed by atoms with Crippen molar-refractivity contribution in [1.82, 2.24) is 0 Å². The Labute approximate surface area is 110 Å². The standard InChI is InChI=1S/C17H21N/c1-17(2,3)16(14-10-6-4-7-11-14)18-15-12-8-5-9-13-15/h4-13,16,18H,1-3H3/t16-/m1/s1. The van der Waals surface area contributed by atoms with Crippen molar-refractivity contribution in [1.29, 1.82) is 0 Å². The lowest BCUT2D eigenvalue weighted by Crippen LogP contribution is -2.25. The molecule has 2 aromatic rings. The largest absolute Gasteiger partial charge is 0.378 e. The van der Waals surface area contributed by atoms with E-state index >= 15 is 0 Å². The summed E-state index contributed by atoms with van der Waals surface area (Å²) in [6, 6.07) is 21.3. The molecule has 0 aromatic heterocycles. The first kappa shape index (κ1) is 12.7. The van der Waals surface area contributed by atoms with E-state index < -0.39 is 0 Å². The summed E-state index contributed by atoms with van der Waals surface area (Å²) < 4.78 is 0. The van der Waals surface area contributed by atoms with Gasteiger partial charge in [-0.3, -0.25) is 0 Å². The fourth-order valence-electron chi connectivity index (χ4n) is 2.15. The summed E-state index contributed by atoms with van der Waals surface area (Å²) in [6.07, 6.45) is 0. The SMILES string of the molecule is CC(C)(C)[C@H](Nc1ccccc1)c1ccccc1. The molecule has 0 spiro atoms. The van der Waals surface area contributed by atoms with Gasteiger partial charge in [-0.25, -0.2) is 0 Å². The Morgan fingerprint density at radius 2 is 1.28 bits per heavy atom. The highest BCUT2D eigenvalue weighted by Gasteiger charge is 2.25. The van der Waals surface area contributed by atoms with Gasteiger partial charge < -0.3 is 5.32 Å². The van der Waals surface area contributed by atoms with Crippen LogP contribution in [0.15, 0.2) is 60.7 Å². The first-order valence-electron chi connectivity index (χ1n) is 6.44. The predicted molar refractivity (Wildman–Crippen MR) is 78.7 cm³/mol. The van der Waals surface area contributed by atoms with E-state index in [9.17, 15) is 0 Å². The number of rotatable bonds is 3. The molecule has 0 radical (unpaired) electrons. The van der Waals surface area contributed by atoms with Crippen molar-refractivity contribution in [2.45, 2.75) is 26.8 Å². The molecule has 0 saturated heterocycles. The van der Waals surface area contributed by atoms with Crippen molar-refractivity contribution in [2.75, 3.05) is 5.32 Å². The Bertz CT molecular complexity index is 468. The third-order valence-electron chi connectivity index (χ3n) is 3.08. The van der Waals surface area contributed by atoms with Gasteiger partial charge >= 0.3 is 0 Å². The number of para-hydroxylation sites is 1. The van der Waals surface area contributed by atoms with E-state index in [1.54, 1.807) is 0 Å². The zero-order valence-electron chi connectivity index (χ0n) is 11.4. The summed E-state index contributed by atoms with van der Waals surface area (Å²) >= 11 is 0. The lowest BCUT2D eigenvalue weighted by atomic mass is 9.82. The molecule has 1 atom stereocenters. The molecule has 1 nitrogen and oxygen atoms in total. The summed E-state index contributed by atoms with van der Waals surface area (Å²) in [4.78, 5) is 0. The quantitative estimate of drug-likeness (QED) is 0.804. The summed E-state index contributed by atoms with van der Waals surface area (Å²) in [7, 11) is 0. The first-order chi connectivity index (χ1) is 8.57. The Morgan fingerprint density at radius 3 is 1.78 bits per heavy atom. The monoisotopic (exact) mass is 239 g/mol. The minimum absolute atomic E-state index is 0.164. The Balaban J connectivity index is 2.28. The van der Waals surface area contributed by atoms with E-state index in [1.165, 1.54) is 11.3 Å². The highest BCUT2D eigenvalue weighted by Crippen LogP contribution is 2.35. The Kier molecular flexibility index (Phi) is 3.71. The summed E-state index contributed by atoms with van der Waals surface area (Å²) in [5.41, 5.74) is 2.66. The van der Waals surface area contributed by atoms with Crippen LogP contribution >= 0.6 is 0 Å². The van der Waals surface area contributed by atoms with Gasteiger partial charge in [0, 0.05) is 5.69 Å². The average Bonchev–Trinajstić information content (AvgIpc) is 2.37. The van der Waals surface area contributed by atoms with E-state index in [1.807, 2.05) is 6.07 Å². The van der Waals surface area contributed by atoms with Gasteiger partial charge in [0.05, 0.1) is 6.04 Å². The van der Waals surface area contributed by atoms with E-state index in [-0.39, 0.29) is 5.41 Å². The van der Waals surface area contributed by atoms with Crippen molar-refractivity contribution in [3.8, 4) is 0 Å². The molecule has 0 aliphatic rings. The van der Waals surface area contributed by atoms with Crippen LogP contribution in [-0.4, -0.2) is 0 Å². The number of hydrogen-bond acceptors (Lipinski definition) is 1. The first-order valence-corrected chi connectivity index (χ1v) is 6.44. The fourth-order valence-corrected chi connectivity index (χ4v) is 2.15. The van der Waals surface area contributed by atoms with Crippen molar-refractivity contribution in [3.63, 3.8) is 0 Å². The highest BCUT2D eigenvalue weighted by molar-refractivity contribution is 5.45. The predicted octanol–water partition coefficient (Wildman–Crippen LogP) is 4.89. The van der Waals surface area contributed by atoms with Crippen LogP contribution in [0.5, 0.6) is 0 Å². The maximum Gasteiger partial charge on any atom is 0.0562 e. The van der Waals surface area contributed by atoms with Crippen LogP contribution in [0.3, 0.4) is 0 Å². The molecule has 0 bridgehead atoms. The normalized spacial score (nSPS) is 13.1. The second-order valence-electron chi connectivity index (χ2n) is 5.72. The third kappa shape index (κ3) is 3.13. The molecule has 1 N–H and O–H groups in total. The van der Waals surface area contributed by atoms with Crippen LogP contribution in [0.1, 0.15) is 32.4 Å². The summed E-state index contributed by atoms with van der Waals surface area (Å²) in [5, 5.41) is 3.64. The van der Waals surface area contributed by atoms with E-state index in [2.05, 4.69) is 80.7 Å². The molecule has 2 rings (SSSR count). The van der Waals surface area contributed by atoms with Crippen molar-refractivity contribution in [2.24, 2.45) is 5.41 Å². The van der Waals surface area contributed by atoms with E-state index in [0.717, 1.165) is 0 Å². The maximum atomic E-state index is 3.64. The second kappa shape index (κ2) is 5.26. The van der Waals surface area contributed by atoms with Gasteiger partial charge in [-0.1, -0.05) is 69.3 Å². The van der Waals surface area contributed by atoms with Gasteiger partial charge in [-0.05, 0) is 23.1 Å². The average molecular weight is 239 g/mol. The minimum Gasteiger partial charge on any atom is -0.378 e. The molecular weight excluding hydrogens is 218 g/mol. The van der Waals surface area contributed by atoms with Crippen LogP contribution in [-0.2, 0) is 0 Å². The number of benzene rings is 2. The Hall–Kier alpha value is -1.76.